The molecule has 6 rings (SSSR count). The summed E-state index contributed by atoms with van der Waals surface area (Å²) in [5, 5.41) is 2.04. The van der Waals surface area contributed by atoms with Gasteiger partial charge in [0, 0.05) is 74.1 Å². The summed E-state index contributed by atoms with van der Waals surface area (Å²) in [6, 6.07) is 23.0. The highest BCUT2D eigenvalue weighted by molar-refractivity contribution is 6.08. The smallest absolute Gasteiger partial charge is 0.228 e. The first-order valence-electron chi connectivity index (χ1n) is 13.9. The fourth-order valence-corrected chi connectivity index (χ4v) is 5.70. The highest BCUT2D eigenvalue weighted by Gasteiger charge is 2.22. The first kappa shape index (κ1) is 26.1. The van der Waals surface area contributed by atoms with Crippen LogP contribution in [-0.2, 0) is 11.3 Å². The number of piperazine rings is 1. The highest BCUT2D eigenvalue weighted by Crippen LogP contribution is 2.37. The SMILES string of the molecule is CC(=O)N(c1ccc(CN2CCN(C)CC2)c(C)c1)c1c(C)cnc2ccc(-c3cnc4ccccc4c3)cc12. The summed E-state index contributed by atoms with van der Waals surface area (Å²) >= 11 is 0. The van der Waals surface area contributed by atoms with Gasteiger partial charge in [0.25, 0.3) is 0 Å². The maximum absolute atomic E-state index is 13.3. The van der Waals surface area contributed by atoms with Gasteiger partial charge in [0.15, 0.2) is 0 Å². The number of anilines is 2. The number of rotatable bonds is 5. The van der Waals surface area contributed by atoms with E-state index < -0.39 is 0 Å². The molecule has 6 nitrogen and oxygen atoms in total. The zero-order valence-corrected chi connectivity index (χ0v) is 23.7. The number of nitrogens with zero attached hydrogens (tertiary/aromatic N) is 5. The van der Waals surface area contributed by atoms with Gasteiger partial charge in [-0.25, -0.2) is 0 Å². The van der Waals surface area contributed by atoms with Crippen LogP contribution in [0.1, 0.15) is 23.6 Å². The second-order valence-corrected chi connectivity index (χ2v) is 11.0. The third kappa shape index (κ3) is 5.08. The first-order valence-corrected chi connectivity index (χ1v) is 13.9. The van der Waals surface area contributed by atoms with E-state index in [1.165, 1.54) is 11.1 Å². The minimum absolute atomic E-state index is 0.0282. The van der Waals surface area contributed by atoms with Crippen molar-refractivity contribution in [1.29, 1.82) is 0 Å². The minimum Gasteiger partial charge on any atom is -0.304 e. The van der Waals surface area contributed by atoms with Gasteiger partial charge < -0.3 is 4.90 Å². The summed E-state index contributed by atoms with van der Waals surface area (Å²) in [6.45, 7) is 11.1. The topological polar surface area (TPSA) is 52.6 Å². The van der Waals surface area contributed by atoms with Crippen LogP contribution in [-0.4, -0.2) is 58.9 Å². The van der Waals surface area contributed by atoms with Crippen LogP contribution in [0.3, 0.4) is 0 Å². The van der Waals surface area contributed by atoms with E-state index in [0.717, 1.165) is 82.6 Å². The number of hydrogen-bond acceptors (Lipinski definition) is 5. The van der Waals surface area contributed by atoms with Gasteiger partial charge in [0.05, 0.1) is 16.7 Å². The van der Waals surface area contributed by atoms with Crippen LogP contribution < -0.4 is 4.90 Å². The summed E-state index contributed by atoms with van der Waals surface area (Å²) in [5.74, 6) is -0.0282. The average Bonchev–Trinajstić information content (AvgIpc) is 2.96. The van der Waals surface area contributed by atoms with E-state index in [1.807, 2.05) is 48.5 Å². The molecule has 1 saturated heterocycles. The van der Waals surface area contributed by atoms with Crippen LogP contribution in [0, 0.1) is 13.8 Å². The van der Waals surface area contributed by atoms with Gasteiger partial charge in [0.2, 0.25) is 5.91 Å². The van der Waals surface area contributed by atoms with Gasteiger partial charge in [0.1, 0.15) is 0 Å². The summed E-state index contributed by atoms with van der Waals surface area (Å²) < 4.78 is 0. The molecule has 0 saturated carbocycles. The van der Waals surface area contributed by atoms with Crippen molar-refractivity contribution in [3.8, 4) is 11.1 Å². The maximum atomic E-state index is 13.3. The van der Waals surface area contributed by atoms with E-state index in [-0.39, 0.29) is 5.91 Å². The monoisotopic (exact) mass is 529 g/mol. The molecule has 0 radical (unpaired) electrons. The van der Waals surface area contributed by atoms with Gasteiger partial charge in [-0.2, -0.15) is 0 Å². The normalized spacial score (nSPS) is 14.6. The standard InChI is InChI=1S/C34H35N5O/c1-23-17-30(11-9-28(23)22-38-15-13-37(4)14-16-38)39(25(3)40)34-24(2)20-35-33-12-10-26(19-31(33)34)29-18-27-7-5-6-8-32(27)36-21-29/h5-12,17-21H,13-16,22H2,1-4H3. The lowest BCUT2D eigenvalue weighted by Gasteiger charge is -2.33. The molecular weight excluding hydrogens is 494 g/mol. The van der Waals surface area contributed by atoms with Crippen LogP contribution in [0.2, 0.25) is 0 Å². The molecule has 0 aliphatic carbocycles. The van der Waals surface area contributed by atoms with Crippen LogP contribution in [0.4, 0.5) is 11.4 Å². The number of benzene rings is 3. The number of carbonyl (C=O) groups excluding carboxylic acids is 1. The molecule has 3 aromatic carbocycles. The van der Waals surface area contributed by atoms with Crippen molar-refractivity contribution in [3.63, 3.8) is 0 Å². The highest BCUT2D eigenvalue weighted by atomic mass is 16.2. The molecule has 1 aliphatic rings. The number of para-hydroxylation sites is 1. The van der Waals surface area contributed by atoms with Crippen molar-refractivity contribution in [2.45, 2.75) is 27.3 Å². The number of aryl methyl sites for hydroxylation is 2. The molecule has 1 aliphatic heterocycles. The van der Waals surface area contributed by atoms with Gasteiger partial charge in [-0.05, 0) is 79.5 Å². The van der Waals surface area contributed by atoms with Gasteiger partial charge in [-0.1, -0.05) is 30.3 Å². The molecule has 0 spiro atoms. The van der Waals surface area contributed by atoms with E-state index in [1.54, 1.807) is 6.92 Å². The number of hydrogen-bond donors (Lipinski definition) is 0. The van der Waals surface area contributed by atoms with E-state index in [2.05, 4.69) is 71.2 Å². The number of likely N-dealkylation sites (N-methyl/N-ethyl adjacent to an activating group) is 1. The van der Waals surface area contributed by atoms with Crippen LogP contribution >= 0.6 is 0 Å². The van der Waals surface area contributed by atoms with Crippen LogP contribution in [0.15, 0.2) is 79.1 Å². The minimum atomic E-state index is -0.0282. The molecule has 0 N–H and O–H groups in total. The van der Waals surface area contributed by atoms with Gasteiger partial charge in [-0.15, -0.1) is 0 Å². The Morgan fingerprint density at radius 2 is 1.60 bits per heavy atom. The number of amides is 1. The Hall–Kier alpha value is -4.13. The van der Waals surface area contributed by atoms with Crippen molar-refractivity contribution in [1.82, 2.24) is 19.8 Å². The molecular formula is C34H35N5O. The van der Waals surface area contributed by atoms with Gasteiger partial charge >= 0.3 is 0 Å². The Balaban J connectivity index is 1.40. The van der Waals surface area contributed by atoms with Gasteiger partial charge in [-0.3, -0.25) is 24.6 Å². The molecule has 40 heavy (non-hydrogen) atoms. The lowest BCUT2D eigenvalue weighted by Crippen LogP contribution is -2.43. The summed E-state index contributed by atoms with van der Waals surface area (Å²) in [7, 11) is 2.18. The molecule has 3 heterocycles. The van der Waals surface area contributed by atoms with Crippen molar-refractivity contribution in [3.05, 3.63) is 95.8 Å². The average molecular weight is 530 g/mol. The Morgan fingerprint density at radius 3 is 2.38 bits per heavy atom. The number of aromatic nitrogens is 2. The summed E-state index contributed by atoms with van der Waals surface area (Å²) in [4.78, 5) is 29.4. The van der Waals surface area contributed by atoms with Crippen molar-refractivity contribution >= 4 is 39.1 Å². The number of pyridine rings is 2. The number of fused-ring (bicyclic) bond motifs is 2. The van der Waals surface area contributed by atoms with Crippen molar-refractivity contribution in [2.24, 2.45) is 0 Å². The molecule has 2 aromatic heterocycles. The largest absolute Gasteiger partial charge is 0.304 e. The quantitative estimate of drug-likeness (QED) is 0.260. The molecule has 1 amide bonds. The molecule has 202 valence electrons. The zero-order valence-electron chi connectivity index (χ0n) is 23.7. The Labute approximate surface area is 235 Å². The van der Waals surface area contributed by atoms with E-state index >= 15 is 0 Å². The Kier molecular flexibility index (Phi) is 7.05. The lowest BCUT2D eigenvalue weighted by atomic mass is 10.00. The van der Waals surface area contributed by atoms with E-state index in [4.69, 9.17) is 4.98 Å². The first-order chi connectivity index (χ1) is 19.4. The molecule has 0 atom stereocenters. The molecule has 5 aromatic rings. The Morgan fingerprint density at radius 1 is 0.825 bits per heavy atom. The lowest BCUT2D eigenvalue weighted by molar-refractivity contribution is -0.115. The molecule has 6 heteroatoms. The van der Waals surface area contributed by atoms with Crippen molar-refractivity contribution in [2.75, 3.05) is 38.1 Å². The predicted molar refractivity (Wildman–Crippen MR) is 164 cm³/mol. The fourth-order valence-electron chi connectivity index (χ4n) is 5.70. The molecule has 0 unspecified atom stereocenters. The summed E-state index contributed by atoms with van der Waals surface area (Å²) in [6.07, 6.45) is 3.77. The van der Waals surface area contributed by atoms with Crippen LogP contribution in [0.5, 0.6) is 0 Å². The number of carbonyl (C=O) groups is 1. The zero-order chi connectivity index (χ0) is 27.8. The summed E-state index contributed by atoms with van der Waals surface area (Å²) in [5.41, 5.74) is 9.11. The second kappa shape index (κ2) is 10.8. The second-order valence-electron chi connectivity index (χ2n) is 11.0. The maximum Gasteiger partial charge on any atom is 0.228 e. The van der Waals surface area contributed by atoms with Crippen LogP contribution in [0.25, 0.3) is 32.9 Å². The fraction of sp³-hybridized carbons (Fsp3) is 0.265. The molecule has 0 bridgehead atoms. The Bertz CT molecular complexity index is 1720. The van der Waals surface area contributed by atoms with E-state index in [0.29, 0.717) is 0 Å². The van der Waals surface area contributed by atoms with Crippen molar-refractivity contribution < 1.29 is 4.79 Å². The third-order valence-corrected chi connectivity index (χ3v) is 8.06. The third-order valence-electron chi connectivity index (χ3n) is 8.06. The van der Waals surface area contributed by atoms with E-state index in [9.17, 15) is 4.79 Å². The predicted octanol–water partition coefficient (Wildman–Crippen LogP) is 6.50. The molecule has 1 fully saturated rings.